The van der Waals surface area contributed by atoms with Crippen LogP contribution in [0.25, 0.3) is 10.9 Å². The Bertz CT molecular complexity index is 954. The van der Waals surface area contributed by atoms with Gasteiger partial charge in [0.25, 0.3) is 0 Å². The summed E-state index contributed by atoms with van der Waals surface area (Å²) in [7, 11) is -3.50. The van der Waals surface area contributed by atoms with Gasteiger partial charge in [-0.15, -0.1) is 0 Å². The maximum absolute atomic E-state index is 12.9. The van der Waals surface area contributed by atoms with Gasteiger partial charge in [0.15, 0.2) is 14.6 Å². The van der Waals surface area contributed by atoms with Crippen LogP contribution in [0.15, 0.2) is 12.1 Å². The Labute approximate surface area is 154 Å². The molecule has 0 aliphatic carbocycles. The summed E-state index contributed by atoms with van der Waals surface area (Å²) in [4.78, 5) is 16.3. The molecule has 1 saturated heterocycles. The lowest BCUT2D eigenvalue weighted by Crippen LogP contribution is -2.57. The van der Waals surface area contributed by atoms with Crippen LogP contribution in [-0.4, -0.2) is 43.4 Å². The molecule has 1 fully saturated rings. The second kappa shape index (κ2) is 6.70. The van der Waals surface area contributed by atoms with Gasteiger partial charge in [0, 0.05) is 23.9 Å². The molecule has 7 heteroatoms. The van der Waals surface area contributed by atoms with Crippen LogP contribution in [0.4, 0.5) is 0 Å². The van der Waals surface area contributed by atoms with E-state index in [9.17, 15) is 13.2 Å². The van der Waals surface area contributed by atoms with E-state index in [0.717, 1.165) is 27.7 Å². The van der Waals surface area contributed by atoms with Gasteiger partial charge in [-0.05, 0) is 63.9 Å². The van der Waals surface area contributed by atoms with E-state index in [1.54, 1.807) is 0 Å². The standard InChI is InChI=1S/C19H27N3O3S/c1-12-9-15(17-16(10-12)13(2)14(3)22-17)11-21-18(23)19(26(4,24)25)5-7-20-8-6-19/h9-10,20,22H,5-8,11H2,1-4H3,(H,21,23). The number of aryl methyl sites for hydroxylation is 3. The molecule has 26 heavy (non-hydrogen) atoms. The fourth-order valence-electron chi connectivity index (χ4n) is 3.86. The van der Waals surface area contributed by atoms with E-state index >= 15 is 0 Å². The van der Waals surface area contributed by atoms with Gasteiger partial charge in [-0.1, -0.05) is 11.6 Å². The first kappa shape index (κ1) is 18.9. The predicted molar refractivity (Wildman–Crippen MR) is 104 cm³/mol. The fourth-order valence-corrected chi connectivity index (χ4v) is 5.22. The Balaban J connectivity index is 1.90. The number of aromatic nitrogens is 1. The minimum absolute atomic E-state index is 0.307. The predicted octanol–water partition coefficient (Wildman–Crippen LogP) is 1.88. The number of aromatic amines is 1. The second-order valence-electron chi connectivity index (χ2n) is 7.42. The first-order valence-corrected chi connectivity index (χ1v) is 10.8. The summed E-state index contributed by atoms with van der Waals surface area (Å²) in [5.74, 6) is -0.392. The van der Waals surface area contributed by atoms with Gasteiger partial charge in [-0.2, -0.15) is 0 Å². The van der Waals surface area contributed by atoms with Gasteiger partial charge in [0.05, 0.1) is 5.52 Å². The highest BCUT2D eigenvalue weighted by Gasteiger charge is 2.48. The summed E-state index contributed by atoms with van der Waals surface area (Å²) in [5.41, 5.74) is 5.39. The molecule has 142 valence electrons. The van der Waals surface area contributed by atoms with E-state index in [2.05, 4.69) is 28.6 Å². The zero-order valence-corrected chi connectivity index (χ0v) is 16.6. The summed E-state index contributed by atoms with van der Waals surface area (Å²) in [6.07, 6.45) is 1.78. The fraction of sp³-hybridized carbons (Fsp3) is 0.526. The summed E-state index contributed by atoms with van der Waals surface area (Å²) in [6, 6.07) is 4.16. The average Bonchev–Trinajstić information content (AvgIpc) is 2.87. The van der Waals surface area contributed by atoms with Crippen LogP contribution < -0.4 is 10.6 Å². The quantitative estimate of drug-likeness (QED) is 0.759. The molecule has 2 aromatic rings. The molecule has 3 N–H and O–H groups in total. The normalized spacial score (nSPS) is 17.4. The number of piperidine rings is 1. The van der Waals surface area contributed by atoms with E-state index in [4.69, 9.17) is 0 Å². The smallest absolute Gasteiger partial charge is 0.241 e. The van der Waals surface area contributed by atoms with Crippen molar-refractivity contribution in [3.05, 3.63) is 34.5 Å². The molecule has 0 bridgehead atoms. The third-order valence-electron chi connectivity index (χ3n) is 5.62. The molecule has 3 rings (SSSR count). The first-order valence-electron chi connectivity index (χ1n) is 8.93. The van der Waals surface area contributed by atoms with Gasteiger partial charge >= 0.3 is 0 Å². The highest BCUT2D eigenvalue weighted by Crippen LogP contribution is 2.29. The topological polar surface area (TPSA) is 91.1 Å². The molecule has 1 aromatic carbocycles. The molecule has 0 unspecified atom stereocenters. The van der Waals surface area contributed by atoms with E-state index < -0.39 is 20.5 Å². The number of carbonyl (C=O) groups is 1. The number of sulfone groups is 1. The molecule has 1 aliphatic heterocycles. The molecule has 6 nitrogen and oxygen atoms in total. The Hall–Kier alpha value is -1.86. The molecular formula is C19H27N3O3S. The Kier molecular flexibility index (Phi) is 4.88. The summed E-state index contributed by atoms with van der Waals surface area (Å²) in [6.45, 7) is 7.50. The zero-order valence-electron chi connectivity index (χ0n) is 15.8. The van der Waals surface area contributed by atoms with Gasteiger partial charge in [0.1, 0.15) is 0 Å². The van der Waals surface area contributed by atoms with Crippen molar-refractivity contribution in [3.8, 4) is 0 Å². The maximum Gasteiger partial charge on any atom is 0.241 e. The average molecular weight is 378 g/mol. The van der Waals surface area contributed by atoms with Crippen LogP contribution in [0.3, 0.4) is 0 Å². The molecule has 1 aromatic heterocycles. The third kappa shape index (κ3) is 3.14. The summed E-state index contributed by atoms with van der Waals surface area (Å²) in [5, 5.41) is 7.17. The SMILES string of the molecule is Cc1cc(CNC(=O)C2(S(C)(=O)=O)CCNCC2)c2[nH]c(C)c(C)c2c1. The Morgan fingerprint density at radius 3 is 2.46 bits per heavy atom. The van der Waals surface area contributed by atoms with Crippen molar-refractivity contribution in [1.82, 2.24) is 15.6 Å². The number of carbonyl (C=O) groups excluding carboxylic acids is 1. The van der Waals surface area contributed by atoms with Gasteiger partial charge in [-0.3, -0.25) is 4.79 Å². The largest absolute Gasteiger partial charge is 0.358 e. The summed E-state index contributed by atoms with van der Waals surface area (Å²) < 4.78 is 23.4. The molecule has 0 saturated carbocycles. The number of nitrogens with one attached hydrogen (secondary N) is 3. The minimum atomic E-state index is -3.50. The van der Waals surface area contributed by atoms with Crippen LogP contribution in [0, 0.1) is 20.8 Å². The van der Waals surface area contributed by atoms with Gasteiger partial charge in [-0.25, -0.2) is 8.42 Å². The molecule has 0 atom stereocenters. The highest BCUT2D eigenvalue weighted by molar-refractivity contribution is 7.92. The van der Waals surface area contributed by atoms with Crippen molar-refractivity contribution in [2.24, 2.45) is 0 Å². The Morgan fingerprint density at radius 1 is 1.19 bits per heavy atom. The molecular weight excluding hydrogens is 350 g/mol. The second-order valence-corrected chi connectivity index (χ2v) is 9.75. The van der Waals surface area contributed by atoms with Crippen molar-refractivity contribution in [1.29, 1.82) is 0 Å². The zero-order chi connectivity index (χ0) is 19.1. The third-order valence-corrected chi connectivity index (χ3v) is 7.63. The van der Waals surface area contributed by atoms with Crippen LogP contribution in [0.5, 0.6) is 0 Å². The van der Waals surface area contributed by atoms with Gasteiger partial charge < -0.3 is 15.6 Å². The number of benzene rings is 1. The lowest BCUT2D eigenvalue weighted by Gasteiger charge is -2.34. The number of fused-ring (bicyclic) bond motifs is 1. The summed E-state index contributed by atoms with van der Waals surface area (Å²) >= 11 is 0. The van der Waals surface area contributed by atoms with Crippen molar-refractivity contribution < 1.29 is 13.2 Å². The van der Waals surface area contributed by atoms with E-state index in [1.165, 1.54) is 11.8 Å². The molecule has 1 aliphatic rings. The lowest BCUT2D eigenvalue weighted by molar-refractivity contribution is -0.124. The van der Waals surface area contributed by atoms with E-state index in [-0.39, 0.29) is 0 Å². The number of H-pyrrole nitrogens is 1. The lowest BCUT2D eigenvalue weighted by atomic mass is 9.95. The monoisotopic (exact) mass is 377 g/mol. The van der Waals surface area contributed by atoms with Crippen LogP contribution in [0.1, 0.15) is 35.2 Å². The van der Waals surface area contributed by atoms with E-state index in [1.807, 2.05) is 19.9 Å². The maximum atomic E-state index is 12.9. The highest BCUT2D eigenvalue weighted by atomic mass is 32.2. The first-order chi connectivity index (χ1) is 12.2. The Morgan fingerprint density at radius 2 is 1.85 bits per heavy atom. The van der Waals surface area contributed by atoms with Crippen LogP contribution >= 0.6 is 0 Å². The number of hydrogen-bond donors (Lipinski definition) is 3. The van der Waals surface area contributed by atoms with Crippen molar-refractivity contribution >= 4 is 26.6 Å². The van der Waals surface area contributed by atoms with Crippen molar-refractivity contribution in [2.75, 3.05) is 19.3 Å². The molecule has 1 amide bonds. The molecule has 2 heterocycles. The van der Waals surface area contributed by atoms with E-state index in [0.29, 0.717) is 32.5 Å². The number of amides is 1. The van der Waals surface area contributed by atoms with Crippen LogP contribution in [-0.2, 0) is 21.2 Å². The van der Waals surface area contributed by atoms with Crippen LogP contribution in [0.2, 0.25) is 0 Å². The molecule has 0 radical (unpaired) electrons. The minimum Gasteiger partial charge on any atom is -0.358 e. The van der Waals surface area contributed by atoms with Crippen molar-refractivity contribution in [2.45, 2.75) is 44.9 Å². The number of hydrogen-bond acceptors (Lipinski definition) is 4. The van der Waals surface area contributed by atoms with Crippen molar-refractivity contribution in [3.63, 3.8) is 0 Å². The molecule has 0 spiro atoms. The number of rotatable bonds is 4. The van der Waals surface area contributed by atoms with Gasteiger partial charge in [0.2, 0.25) is 5.91 Å².